The van der Waals surface area contributed by atoms with Crippen molar-refractivity contribution >= 4 is 37.5 Å². The molecule has 0 saturated heterocycles. The van der Waals surface area contributed by atoms with Crippen molar-refractivity contribution in [2.75, 3.05) is 0 Å². The number of benzene rings is 2. The van der Waals surface area contributed by atoms with Gasteiger partial charge in [-0.15, -0.1) is 0 Å². The number of nitro benzene ring substituents is 1. The molecule has 2 rings (SSSR count). The third-order valence-corrected chi connectivity index (χ3v) is 5.73. The van der Waals surface area contributed by atoms with Crippen molar-refractivity contribution in [2.45, 2.75) is 4.90 Å². The Balaban J connectivity index is 2.35. The minimum atomic E-state index is -3.62. The van der Waals surface area contributed by atoms with Gasteiger partial charge >= 0.3 is 0 Å². The van der Waals surface area contributed by atoms with E-state index in [1.165, 1.54) is 42.5 Å². The predicted molar refractivity (Wildman–Crippen MR) is 83.6 cm³/mol. The van der Waals surface area contributed by atoms with Crippen LogP contribution in [0.25, 0.3) is 6.08 Å². The molecule has 5 nitrogen and oxygen atoms in total. The molecule has 0 radical (unpaired) electrons. The molecule has 108 valence electrons. The van der Waals surface area contributed by atoms with Crippen molar-refractivity contribution in [3.8, 4) is 0 Å². The van der Waals surface area contributed by atoms with E-state index in [1.54, 1.807) is 18.2 Å². The molecular formula is C14H10BrNO4S. The third kappa shape index (κ3) is 3.56. The third-order valence-electron chi connectivity index (χ3n) is 2.69. The highest BCUT2D eigenvalue weighted by Gasteiger charge is 2.18. The van der Waals surface area contributed by atoms with Gasteiger partial charge in [0.15, 0.2) is 0 Å². The average Bonchev–Trinajstić information content (AvgIpc) is 2.48. The van der Waals surface area contributed by atoms with E-state index < -0.39 is 14.8 Å². The Morgan fingerprint density at radius 1 is 1.05 bits per heavy atom. The Morgan fingerprint density at radius 2 is 1.62 bits per heavy atom. The van der Waals surface area contributed by atoms with Gasteiger partial charge in [0.25, 0.3) is 5.69 Å². The summed E-state index contributed by atoms with van der Waals surface area (Å²) in [6.45, 7) is 0. The lowest BCUT2D eigenvalue weighted by atomic mass is 10.2. The molecule has 0 N–H and O–H groups in total. The normalized spacial score (nSPS) is 12.1. The van der Waals surface area contributed by atoms with Gasteiger partial charge in [0, 0.05) is 12.1 Å². The lowest BCUT2D eigenvalue weighted by Gasteiger charge is -2.03. The van der Waals surface area contributed by atoms with Gasteiger partial charge in [0.1, 0.15) is 3.81 Å². The van der Waals surface area contributed by atoms with Gasteiger partial charge in [-0.1, -0.05) is 18.2 Å². The molecule has 0 fully saturated rings. The summed E-state index contributed by atoms with van der Waals surface area (Å²) in [6, 6.07) is 13.6. The summed E-state index contributed by atoms with van der Waals surface area (Å²) in [4.78, 5) is 10.2. The van der Waals surface area contributed by atoms with Crippen molar-refractivity contribution in [2.24, 2.45) is 0 Å². The maximum atomic E-state index is 12.3. The zero-order valence-electron chi connectivity index (χ0n) is 10.6. The van der Waals surface area contributed by atoms with E-state index in [4.69, 9.17) is 0 Å². The van der Waals surface area contributed by atoms with Crippen LogP contribution in [0.15, 0.2) is 63.3 Å². The Morgan fingerprint density at radius 3 is 2.14 bits per heavy atom. The number of nitro groups is 1. The molecule has 0 aromatic heterocycles. The number of hydrogen-bond donors (Lipinski definition) is 0. The fourth-order valence-electron chi connectivity index (χ4n) is 1.61. The van der Waals surface area contributed by atoms with Crippen LogP contribution in [0, 0.1) is 10.1 Å². The van der Waals surface area contributed by atoms with Crippen LogP contribution in [0.4, 0.5) is 5.69 Å². The molecule has 7 heteroatoms. The molecule has 0 aliphatic heterocycles. The highest BCUT2D eigenvalue weighted by molar-refractivity contribution is 9.13. The summed E-state index contributed by atoms with van der Waals surface area (Å²) in [6.07, 6.45) is 1.41. The molecule has 0 atom stereocenters. The van der Waals surface area contributed by atoms with E-state index >= 15 is 0 Å². The topological polar surface area (TPSA) is 77.3 Å². The fourth-order valence-corrected chi connectivity index (χ4v) is 3.47. The van der Waals surface area contributed by atoms with Gasteiger partial charge in [0.05, 0.1) is 9.82 Å². The smallest absolute Gasteiger partial charge is 0.258 e. The standard InChI is InChI=1S/C14H10BrNO4S/c15-14(21(19,20)13-4-2-1-3-5-13)10-11-6-8-12(9-7-11)16(17)18/h1-10H/b14-10+. The zero-order valence-corrected chi connectivity index (χ0v) is 13.0. The Hall–Kier alpha value is -1.99. The van der Waals surface area contributed by atoms with Crippen molar-refractivity contribution in [1.82, 2.24) is 0 Å². The number of nitrogens with zero attached hydrogens (tertiary/aromatic N) is 1. The Bertz CT molecular complexity index is 783. The number of sulfone groups is 1. The summed E-state index contributed by atoms with van der Waals surface area (Å²) >= 11 is 3.06. The van der Waals surface area contributed by atoms with Gasteiger partial charge in [-0.3, -0.25) is 10.1 Å². The van der Waals surface area contributed by atoms with E-state index in [1.807, 2.05) is 0 Å². The van der Waals surface area contributed by atoms with E-state index in [0.717, 1.165) is 0 Å². The van der Waals surface area contributed by atoms with Crippen LogP contribution < -0.4 is 0 Å². The molecule has 2 aromatic rings. The molecule has 2 aromatic carbocycles. The van der Waals surface area contributed by atoms with Crippen LogP contribution in [0.2, 0.25) is 0 Å². The zero-order chi connectivity index (χ0) is 15.5. The van der Waals surface area contributed by atoms with Gasteiger partial charge in [-0.05, 0) is 51.8 Å². The van der Waals surface area contributed by atoms with Crippen LogP contribution in [-0.4, -0.2) is 13.3 Å². The van der Waals surface area contributed by atoms with Crippen molar-refractivity contribution in [1.29, 1.82) is 0 Å². The molecule has 0 unspecified atom stereocenters. The molecule has 21 heavy (non-hydrogen) atoms. The second-order valence-corrected chi connectivity index (χ2v) is 7.41. The minimum absolute atomic E-state index is 0.00458. The van der Waals surface area contributed by atoms with E-state index in [9.17, 15) is 18.5 Å². The first kappa shape index (κ1) is 15.4. The highest BCUT2D eigenvalue weighted by atomic mass is 79.9. The summed E-state index contributed by atoms with van der Waals surface area (Å²) < 4.78 is 24.6. The summed E-state index contributed by atoms with van der Waals surface area (Å²) in [5.74, 6) is 0. The van der Waals surface area contributed by atoms with E-state index in [-0.39, 0.29) is 14.4 Å². The van der Waals surface area contributed by atoms with Crippen LogP contribution in [0.5, 0.6) is 0 Å². The molecule has 0 amide bonds. The first-order valence-electron chi connectivity index (χ1n) is 5.83. The lowest BCUT2D eigenvalue weighted by molar-refractivity contribution is -0.384. The molecule has 0 spiro atoms. The van der Waals surface area contributed by atoms with Gasteiger partial charge in [0.2, 0.25) is 9.84 Å². The van der Waals surface area contributed by atoms with Crippen LogP contribution in [-0.2, 0) is 9.84 Å². The monoisotopic (exact) mass is 367 g/mol. The van der Waals surface area contributed by atoms with Gasteiger partial charge in [-0.25, -0.2) is 8.42 Å². The van der Waals surface area contributed by atoms with Crippen molar-refractivity contribution in [3.63, 3.8) is 0 Å². The van der Waals surface area contributed by atoms with Crippen molar-refractivity contribution in [3.05, 3.63) is 74.1 Å². The quantitative estimate of drug-likeness (QED) is 0.608. The SMILES string of the molecule is O=[N+]([O-])c1ccc(/C=C(\Br)S(=O)(=O)c2ccccc2)cc1. The van der Waals surface area contributed by atoms with Crippen LogP contribution in [0.3, 0.4) is 0 Å². The maximum absolute atomic E-state index is 12.3. The molecular weight excluding hydrogens is 358 g/mol. The number of hydrogen-bond acceptors (Lipinski definition) is 4. The Kier molecular flexibility index (Phi) is 4.54. The summed E-state index contributed by atoms with van der Waals surface area (Å²) in [5, 5.41) is 10.6. The fraction of sp³-hybridized carbons (Fsp3) is 0. The van der Waals surface area contributed by atoms with Gasteiger partial charge in [-0.2, -0.15) is 0 Å². The Labute approximate surface area is 130 Å². The number of halogens is 1. The van der Waals surface area contributed by atoms with Crippen LogP contribution in [0.1, 0.15) is 5.56 Å². The highest BCUT2D eigenvalue weighted by Crippen LogP contribution is 2.26. The largest absolute Gasteiger partial charge is 0.269 e. The first-order chi connectivity index (χ1) is 9.91. The first-order valence-corrected chi connectivity index (χ1v) is 8.10. The predicted octanol–water partition coefficient (Wildman–Crippen LogP) is 3.76. The van der Waals surface area contributed by atoms with Gasteiger partial charge < -0.3 is 0 Å². The molecule has 0 aliphatic rings. The minimum Gasteiger partial charge on any atom is -0.258 e. The van der Waals surface area contributed by atoms with E-state index in [2.05, 4.69) is 15.9 Å². The molecule has 0 aliphatic carbocycles. The number of non-ortho nitro benzene ring substituents is 1. The summed E-state index contributed by atoms with van der Waals surface area (Å²) in [7, 11) is -3.62. The average molecular weight is 368 g/mol. The number of rotatable bonds is 4. The second-order valence-electron chi connectivity index (χ2n) is 4.11. The maximum Gasteiger partial charge on any atom is 0.269 e. The van der Waals surface area contributed by atoms with Crippen LogP contribution >= 0.6 is 15.9 Å². The van der Waals surface area contributed by atoms with Crippen molar-refractivity contribution < 1.29 is 13.3 Å². The lowest BCUT2D eigenvalue weighted by Crippen LogP contribution is -1.99. The molecule has 0 saturated carbocycles. The summed E-state index contributed by atoms with van der Waals surface area (Å²) in [5.41, 5.74) is 0.501. The van der Waals surface area contributed by atoms with E-state index in [0.29, 0.717) is 5.56 Å². The molecule has 0 heterocycles. The molecule has 0 bridgehead atoms. The second kappa shape index (κ2) is 6.19.